The first-order chi connectivity index (χ1) is 21.4. The number of carbonyl (C=O) groups is 1. The summed E-state index contributed by atoms with van der Waals surface area (Å²) in [5, 5.41) is 39.4. The van der Waals surface area contributed by atoms with Gasteiger partial charge in [0, 0.05) is 52.8 Å². The molecule has 2 unspecified atom stereocenters. The monoisotopic (exact) mass is 701 g/mol. The van der Waals surface area contributed by atoms with E-state index in [4.69, 9.17) is 52.0 Å². The molecule has 2 heterocycles. The maximum atomic E-state index is 11.5. The van der Waals surface area contributed by atoms with Crippen molar-refractivity contribution in [2.45, 2.75) is 107 Å². The SMILES string of the molecule is B[C@@H]1O[C@H](COC)[C@H](OP(O)(=S)OC)C1CCCCCCCNC(=S)NCCCCO[C@@H]1O[C@H](CO)[C@H](O)[C@H](O)[C@H]1NC(C)=O. The van der Waals surface area contributed by atoms with Gasteiger partial charge in [0.25, 0.3) is 0 Å². The van der Waals surface area contributed by atoms with E-state index in [1.54, 1.807) is 7.11 Å². The lowest BCUT2D eigenvalue weighted by Gasteiger charge is -2.42. The van der Waals surface area contributed by atoms with E-state index in [1.807, 2.05) is 7.85 Å². The predicted octanol–water partition coefficient (Wildman–Crippen LogP) is -0.599. The molecule has 0 aromatic heterocycles. The van der Waals surface area contributed by atoms with Crippen LogP contribution in [0, 0.1) is 5.92 Å². The van der Waals surface area contributed by atoms with Gasteiger partial charge in [0.2, 0.25) is 5.91 Å². The summed E-state index contributed by atoms with van der Waals surface area (Å²) in [6.07, 6.45) is 2.26. The molecule has 1 amide bonds. The number of nitrogens with one attached hydrogen (secondary N) is 3. The number of carbonyl (C=O) groups excluding carboxylic acids is 1. The standard InChI is InChI=1S/C27H53BN3O11PS2/c1-17(33)31-21-23(35)22(34)19(15-32)41-26(21)39-14-10-9-13-30-27(44)29-12-8-6-4-5-7-11-18-24(42-43(36,45)38-3)20(16-37-2)40-25(18)28/h18-26,32,34-35H,4-16,28H2,1-3H3,(H,31,33)(H,36,45)(H2,29,30,44)/t18?,19-,20-,21-,22+,23-,24-,25-,26-,43?/m1/s1. The molecule has 0 aliphatic carbocycles. The molecule has 2 aliphatic heterocycles. The molecule has 2 rings (SSSR count). The Morgan fingerprint density at radius 1 is 0.978 bits per heavy atom. The second-order valence-electron chi connectivity index (χ2n) is 11.5. The highest BCUT2D eigenvalue weighted by molar-refractivity contribution is 8.07. The highest BCUT2D eigenvalue weighted by Gasteiger charge is 2.46. The lowest BCUT2D eigenvalue weighted by molar-refractivity contribution is -0.270. The Kier molecular flexibility index (Phi) is 19.4. The molecule has 0 aromatic carbocycles. The minimum absolute atomic E-state index is 0.0239. The molecule has 14 nitrogen and oxygen atoms in total. The summed E-state index contributed by atoms with van der Waals surface area (Å²) in [6.45, 7) is -0.420. The third kappa shape index (κ3) is 14.2. The fourth-order valence-corrected chi connectivity index (χ4v) is 6.77. The van der Waals surface area contributed by atoms with Crippen LogP contribution in [0.15, 0.2) is 0 Å². The molecule has 10 atom stereocenters. The number of unbranched alkanes of at least 4 members (excludes halogenated alkanes) is 5. The van der Waals surface area contributed by atoms with E-state index < -0.39 is 49.9 Å². The highest BCUT2D eigenvalue weighted by atomic mass is 32.5. The molecule has 2 saturated heterocycles. The van der Waals surface area contributed by atoms with E-state index in [0.717, 1.165) is 51.5 Å². The van der Waals surface area contributed by atoms with Crippen LogP contribution >= 0.6 is 18.9 Å². The van der Waals surface area contributed by atoms with Gasteiger partial charge in [0.15, 0.2) is 11.4 Å². The number of ether oxygens (including phenoxy) is 4. The molecule has 2 aliphatic rings. The molecule has 45 heavy (non-hydrogen) atoms. The second kappa shape index (κ2) is 21.4. The van der Waals surface area contributed by atoms with Crippen LogP contribution in [0.2, 0.25) is 0 Å². The van der Waals surface area contributed by atoms with Crippen molar-refractivity contribution >= 4 is 49.6 Å². The van der Waals surface area contributed by atoms with Crippen molar-refractivity contribution in [3.63, 3.8) is 0 Å². The van der Waals surface area contributed by atoms with Crippen molar-refractivity contribution in [1.29, 1.82) is 0 Å². The molecule has 0 radical (unpaired) electrons. The van der Waals surface area contributed by atoms with Crippen LogP contribution in [0.1, 0.15) is 58.3 Å². The van der Waals surface area contributed by atoms with Crippen molar-refractivity contribution in [1.82, 2.24) is 16.0 Å². The van der Waals surface area contributed by atoms with E-state index in [-0.39, 0.29) is 24.1 Å². The summed E-state index contributed by atoms with van der Waals surface area (Å²) in [5.41, 5.74) is 0. The Bertz CT molecular complexity index is 933. The van der Waals surface area contributed by atoms with Gasteiger partial charge in [-0.3, -0.25) is 4.79 Å². The maximum Gasteiger partial charge on any atom is 0.324 e. The van der Waals surface area contributed by atoms with Crippen molar-refractivity contribution in [3.05, 3.63) is 0 Å². The van der Waals surface area contributed by atoms with Crippen LogP contribution in [0.4, 0.5) is 0 Å². The van der Waals surface area contributed by atoms with E-state index in [2.05, 4.69) is 16.0 Å². The van der Waals surface area contributed by atoms with Crippen LogP contribution in [0.3, 0.4) is 0 Å². The minimum atomic E-state index is -3.31. The molecule has 18 heteroatoms. The van der Waals surface area contributed by atoms with Gasteiger partial charge in [-0.1, -0.05) is 25.7 Å². The zero-order valence-corrected chi connectivity index (χ0v) is 29.3. The zero-order chi connectivity index (χ0) is 33.4. The van der Waals surface area contributed by atoms with Crippen molar-refractivity contribution < 1.29 is 53.0 Å². The van der Waals surface area contributed by atoms with Gasteiger partial charge < -0.3 is 64.2 Å². The van der Waals surface area contributed by atoms with Gasteiger partial charge in [-0.05, 0) is 49.7 Å². The summed E-state index contributed by atoms with van der Waals surface area (Å²) >= 11 is 10.4. The fourth-order valence-electron chi connectivity index (χ4n) is 5.58. The summed E-state index contributed by atoms with van der Waals surface area (Å²) in [5.74, 6) is -0.289. The normalized spacial score (nSPS) is 31.3. The first kappa shape index (κ1) is 40.6. The number of aliphatic hydroxyl groups excluding tert-OH is 3. The van der Waals surface area contributed by atoms with Gasteiger partial charge in [0.1, 0.15) is 44.4 Å². The van der Waals surface area contributed by atoms with Crippen LogP contribution in [0.25, 0.3) is 0 Å². The molecule has 7 N–H and O–H groups in total. The molecular weight excluding hydrogens is 648 g/mol. The Morgan fingerprint density at radius 3 is 2.24 bits per heavy atom. The van der Waals surface area contributed by atoms with Crippen molar-refractivity contribution in [3.8, 4) is 0 Å². The Hall–Kier alpha value is -0.525. The lowest BCUT2D eigenvalue weighted by atomic mass is 9.81. The molecule has 0 bridgehead atoms. The number of methoxy groups -OCH3 is 1. The largest absolute Gasteiger partial charge is 0.394 e. The highest BCUT2D eigenvalue weighted by Crippen LogP contribution is 2.48. The number of amides is 1. The first-order valence-corrected chi connectivity index (χ1v) is 18.7. The van der Waals surface area contributed by atoms with Gasteiger partial charge in [-0.25, -0.2) is 0 Å². The first-order valence-electron chi connectivity index (χ1n) is 15.7. The molecule has 0 saturated carbocycles. The predicted molar refractivity (Wildman–Crippen MR) is 178 cm³/mol. The van der Waals surface area contributed by atoms with E-state index in [1.165, 1.54) is 14.0 Å². The van der Waals surface area contributed by atoms with Crippen LogP contribution in [0.5, 0.6) is 0 Å². The minimum Gasteiger partial charge on any atom is -0.394 e. The third-order valence-electron chi connectivity index (χ3n) is 7.99. The van der Waals surface area contributed by atoms with Crippen LogP contribution < -0.4 is 16.0 Å². The van der Waals surface area contributed by atoms with Crippen LogP contribution in [-0.2, 0) is 44.6 Å². The summed E-state index contributed by atoms with van der Waals surface area (Å²) in [6, 6.07) is -0.969. The Labute approximate surface area is 278 Å². The van der Waals surface area contributed by atoms with Gasteiger partial charge >= 0.3 is 6.72 Å². The van der Waals surface area contributed by atoms with Gasteiger partial charge in [-0.2, -0.15) is 0 Å². The molecule has 262 valence electrons. The van der Waals surface area contributed by atoms with E-state index in [9.17, 15) is 25.0 Å². The summed E-state index contributed by atoms with van der Waals surface area (Å²) in [7, 11) is 4.98. The molecular formula is C27H53BN3O11PS2. The Morgan fingerprint density at radius 2 is 1.62 bits per heavy atom. The quantitative estimate of drug-likeness (QED) is 0.0348. The van der Waals surface area contributed by atoms with E-state index in [0.29, 0.717) is 31.3 Å². The lowest BCUT2D eigenvalue weighted by Crippen LogP contribution is -2.64. The van der Waals surface area contributed by atoms with Gasteiger partial charge in [0.05, 0.1) is 13.2 Å². The average Bonchev–Trinajstić information content (AvgIpc) is 3.27. The van der Waals surface area contributed by atoms with Crippen LogP contribution in [-0.4, -0.2) is 135 Å². The molecule has 0 spiro atoms. The van der Waals surface area contributed by atoms with Gasteiger partial charge in [-0.15, -0.1) is 0 Å². The third-order valence-corrected chi connectivity index (χ3v) is 9.95. The number of thiocarbonyl (C=S) groups is 1. The maximum absolute atomic E-state index is 11.5. The van der Waals surface area contributed by atoms with Crippen molar-refractivity contribution in [2.24, 2.45) is 5.92 Å². The van der Waals surface area contributed by atoms with Crippen molar-refractivity contribution in [2.75, 3.05) is 47.1 Å². The Balaban J connectivity index is 1.54. The summed E-state index contributed by atoms with van der Waals surface area (Å²) < 4.78 is 33.4. The summed E-state index contributed by atoms with van der Waals surface area (Å²) in [4.78, 5) is 21.7. The fraction of sp³-hybridized carbons (Fsp3) is 0.926. The topological polar surface area (TPSA) is 189 Å². The number of aliphatic hydroxyl groups is 3. The number of hydrogen-bond acceptors (Lipinski definition) is 12. The smallest absolute Gasteiger partial charge is 0.324 e. The number of hydrogen-bond donors (Lipinski definition) is 7. The second-order valence-corrected chi connectivity index (χ2v) is 14.8. The van der Waals surface area contributed by atoms with E-state index >= 15 is 0 Å². The number of rotatable bonds is 21. The molecule has 2 fully saturated rings. The molecule has 0 aromatic rings. The zero-order valence-electron chi connectivity index (χ0n) is 26.8. The average molecular weight is 702 g/mol.